The molecule has 0 radical (unpaired) electrons. The second-order valence-corrected chi connectivity index (χ2v) is 5.98. The first kappa shape index (κ1) is 14.4. The summed E-state index contributed by atoms with van der Waals surface area (Å²) < 4.78 is 5.47. The van der Waals surface area contributed by atoms with E-state index in [-0.39, 0.29) is 24.2 Å². The van der Waals surface area contributed by atoms with Gasteiger partial charge in [-0.05, 0) is 33.0 Å². The standard InChI is InChI=1S/C16H23N3O2/c1-11-16(20)19(12-8-9-18(2)10-12)15(17-11)13-6-4-5-7-14(13)21-3/h4-7,11-12,15,17H,8-10H2,1-3H3. The second kappa shape index (κ2) is 5.66. The highest BCUT2D eigenvalue weighted by Crippen LogP contribution is 2.34. The van der Waals surface area contributed by atoms with Gasteiger partial charge >= 0.3 is 0 Å². The number of benzene rings is 1. The SMILES string of the molecule is COc1ccccc1C1NC(C)C(=O)N1C1CCN(C)C1. The van der Waals surface area contributed by atoms with Gasteiger partial charge < -0.3 is 14.5 Å². The third-order valence-electron chi connectivity index (χ3n) is 4.50. The third kappa shape index (κ3) is 2.51. The molecule has 21 heavy (non-hydrogen) atoms. The van der Waals surface area contributed by atoms with Crippen molar-refractivity contribution in [1.29, 1.82) is 0 Å². The number of hydrogen-bond donors (Lipinski definition) is 1. The number of likely N-dealkylation sites (tertiary alicyclic amines) is 1. The summed E-state index contributed by atoms with van der Waals surface area (Å²) in [6, 6.07) is 8.06. The molecule has 1 aromatic carbocycles. The van der Waals surface area contributed by atoms with E-state index in [0.717, 1.165) is 30.8 Å². The monoisotopic (exact) mass is 289 g/mol. The fraction of sp³-hybridized carbons (Fsp3) is 0.562. The molecule has 2 saturated heterocycles. The first-order chi connectivity index (χ1) is 10.1. The van der Waals surface area contributed by atoms with Crippen LogP contribution in [0.5, 0.6) is 5.75 Å². The summed E-state index contributed by atoms with van der Waals surface area (Å²) in [7, 11) is 3.78. The molecule has 3 rings (SSSR count). The first-order valence-corrected chi connectivity index (χ1v) is 7.51. The lowest BCUT2D eigenvalue weighted by Crippen LogP contribution is -2.41. The van der Waals surface area contributed by atoms with Crippen LogP contribution in [0.25, 0.3) is 0 Å². The van der Waals surface area contributed by atoms with Gasteiger partial charge in [-0.1, -0.05) is 18.2 Å². The number of para-hydroxylation sites is 1. The minimum atomic E-state index is -0.147. The van der Waals surface area contributed by atoms with Crippen LogP contribution in [-0.2, 0) is 4.79 Å². The van der Waals surface area contributed by atoms with Crippen molar-refractivity contribution < 1.29 is 9.53 Å². The van der Waals surface area contributed by atoms with Crippen LogP contribution in [0, 0.1) is 0 Å². The smallest absolute Gasteiger partial charge is 0.241 e. The van der Waals surface area contributed by atoms with Crippen LogP contribution in [0.15, 0.2) is 24.3 Å². The van der Waals surface area contributed by atoms with E-state index >= 15 is 0 Å². The second-order valence-electron chi connectivity index (χ2n) is 5.98. The number of rotatable bonds is 3. The molecule has 3 unspecified atom stereocenters. The highest BCUT2D eigenvalue weighted by atomic mass is 16.5. The molecule has 3 atom stereocenters. The van der Waals surface area contributed by atoms with E-state index < -0.39 is 0 Å². The molecule has 1 amide bonds. The maximum absolute atomic E-state index is 12.6. The van der Waals surface area contributed by atoms with Crippen molar-refractivity contribution in [2.75, 3.05) is 27.2 Å². The summed E-state index contributed by atoms with van der Waals surface area (Å²) in [6.45, 7) is 3.91. The average molecular weight is 289 g/mol. The van der Waals surface area contributed by atoms with Gasteiger partial charge in [-0.3, -0.25) is 10.1 Å². The summed E-state index contributed by atoms with van der Waals surface area (Å²) in [5.74, 6) is 1.01. The summed E-state index contributed by atoms with van der Waals surface area (Å²) in [6.07, 6.45) is 0.933. The van der Waals surface area contributed by atoms with Crippen LogP contribution < -0.4 is 10.1 Å². The van der Waals surface area contributed by atoms with Crippen LogP contribution in [0.4, 0.5) is 0 Å². The zero-order chi connectivity index (χ0) is 15.0. The summed E-state index contributed by atoms with van der Waals surface area (Å²) in [5.41, 5.74) is 1.03. The Labute approximate surface area is 125 Å². The van der Waals surface area contributed by atoms with Gasteiger partial charge in [0.2, 0.25) is 5.91 Å². The van der Waals surface area contributed by atoms with E-state index in [1.165, 1.54) is 0 Å². The number of likely N-dealkylation sites (N-methyl/N-ethyl adjacent to an activating group) is 1. The molecular formula is C16H23N3O2. The molecule has 0 aliphatic carbocycles. The molecule has 114 valence electrons. The van der Waals surface area contributed by atoms with Crippen molar-refractivity contribution in [2.24, 2.45) is 0 Å². The molecule has 0 spiro atoms. The lowest BCUT2D eigenvalue weighted by molar-refractivity contribution is -0.131. The number of carbonyl (C=O) groups excluding carboxylic acids is 1. The van der Waals surface area contributed by atoms with E-state index in [0.29, 0.717) is 0 Å². The van der Waals surface area contributed by atoms with E-state index in [1.54, 1.807) is 7.11 Å². The molecule has 2 fully saturated rings. The Hall–Kier alpha value is -1.59. The Balaban J connectivity index is 1.93. The quantitative estimate of drug-likeness (QED) is 0.909. The lowest BCUT2D eigenvalue weighted by Gasteiger charge is -2.31. The summed E-state index contributed by atoms with van der Waals surface area (Å²) in [4.78, 5) is 16.9. The maximum Gasteiger partial charge on any atom is 0.241 e. The zero-order valence-corrected chi connectivity index (χ0v) is 12.9. The van der Waals surface area contributed by atoms with Gasteiger partial charge in [-0.25, -0.2) is 0 Å². The molecular weight excluding hydrogens is 266 g/mol. The number of ether oxygens (including phenoxy) is 1. The predicted molar refractivity (Wildman–Crippen MR) is 81.1 cm³/mol. The van der Waals surface area contributed by atoms with E-state index in [9.17, 15) is 4.79 Å². The Bertz CT molecular complexity index is 534. The molecule has 1 N–H and O–H groups in total. The maximum atomic E-state index is 12.6. The van der Waals surface area contributed by atoms with Gasteiger partial charge in [0.05, 0.1) is 13.2 Å². The Morgan fingerprint density at radius 1 is 1.33 bits per heavy atom. The van der Waals surface area contributed by atoms with Crippen LogP contribution >= 0.6 is 0 Å². The van der Waals surface area contributed by atoms with Crippen molar-refractivity contribution in [1.82, 2.24) is 15.1 Å². The van der Waals surface area contributed by atoms with Crippen molar-refractivity contribution in [2.45, 2.75) is 31.6 Å². The molecule has 5 nitrogen and oxygen atoms in total. The van der Waals surface area contributed by atoms with E-state index in [2.05, 4.69) is 17.3 Å². The zero-order valence-electron chi connectivity index (χ0n) is 12.9. The number of nitrogens with one attached hydrogen (secondary N) is 1. The van der Waals surface area contributed by atoms with E-state index in [4.69, 9.17) is 4.74 Å². The van der Waals surface area contributed by atoms with Gasteiger partial charge in [0, 0.05) is 18.2 Å². The molecule has 1 aromatic rings. The van der Waals surface area contributed by atoms with Gasteiger partial charge in [0.25, 0.3) is 0 Å². The molecule has 2 aliphatic rings. The number of nitrogens with zero attached hydrogens (tertiary/aromatic N) is 2. The summed E-state index contributed by atoms with van der Waals surface area (Å²) >= 11 is 0. The normalized spacial score (nSPS) is 30.1. The Morgan fingerprint density at radius 3 is 2.76 bits per heavy atom. The fourth-order valence-electron chi connectivity index (χ4n) is 3.40. The fourth-order valence-corrected chi connectivity index (χ4v) is 3.40. The predicted octanol–water partition coefficient (Wildman–Crippen LogP) is 1.22. The van der Waals surface area contributed by atoms with Crippen molar-refractivity contribution in [3.8, 4) is 5.75 Å². The number of amides is 1. The van der Waals surface area contributed by atoms with Crippen molar-refractivity contribution in [3.63, 3.8) is 0 Å². The van der Waals surface area contributed by atoms with E-state index in [1.807, 2.05) is 36.1 Å². The topological polar surface area (TPSA) is 44.8 Å². The average Bonchev–Trinajstić information content (AvgIpc) is 3.03. The molecule has 2 heterocycles. The first-order valence-electron chi connectivity index (χ1n) is 7.51. The molecule has 0 saturated carbocycles. The van der Waals surface area contributed by atoms with Gasteiger partial charge in [-0.15, -0.1) is 0 Å². The number of hydrogen-bond acceptors (Lipinski definition) is 4. The number of carbonyl (C=O) groups is 1. The van der Waals surface area contributed by atoms with Crippen molar-refractivity contribution >= 4 is 5.91 Å². The van der Waals surface area contributed by atoms with Crippen LogP contribution in [0.3, 0.4) is 0 Å². The van der Waals surface area contributed by atoms with Gasteiger partial charge in [-0.2, -0.15) is 0 Å². The van der Waals surface area contributed by atoms with Gasteiger partial charge in [0.15, 0.2) is 0 Å². The Kier molecular flexibility index (Phi) is 3.87. The number of methoxy groups -OCH3 is 1. The van der Waals surface area contributed by atoms with Crippen LogP contribution in [-0.4, -0.2) is 55.0 Å². The van der Waals surface area contributed by atoms with Crippen LogP contribution in [0.2, 0.25) is 0 Å². The third-order valence-corrected chi connectivity index (χ3v) is 4.50. The molecule has 5 heteroatoms. The Morgan fingerprint density at radius 2 is 2.10 bits per heavy atom. The minimum absolute atomic E-state index is 0.0971. The molecule has 0 bridgehead atoms. The highest BCUT2D eigenvalue weighted by molar-refractivity contribution is 5.84. The lowest BCUT2D eigenvalue weighted by atomic mass is 10.1. The molecule has 2 aliphatic heterocycles. The minimum Gasteiger partial charge on any atom is -0.496 e. The largest absolute Gasteiger partial charge is 0.496 e. The summed E-state index contributed by atoms with van der Waals surface area (Å²) in [5, 5.41) is 3.41. The van der Waals surface area contributed by atoms with Crippen molar-refractivity contribution in [3.05, 3.63) is 29.8 Å². The molecule has 0 aromatic heterocycles. The van der Waals surface area contributed by atoms with Gasteiger partial charge in [0.1, 0.15) is 11.9 Å². The van der Waals surface area contributed by atoms with Crippen LogP contribution in [0.1, 0.15) is 25.1 Å². The highest BCUT2D eigenvalue weighted by Gasteiger charge is 2.43.